The highest BCUT2D eigenvalue weighted by atomic mass is 79.9. The fourth-order valence-electron chi connectivity index (χ4n) is 1.14. The van der Waals surface area contributed by atoms with Crippen molar-refractivity contribution in [2.75, 3.05) is 5.33 Å². The molecule has 0 aliphatic heterocycles. The van der Waals surface area contributed by atoms with E-state index in [2.05, 4.69) is 20.7 Å². The van der Waals surface area contributed by atoms with Crippen molar-refractivity contribution in [2.45, 2.75) is 12.8 Å². The number of carbonyl (C=O) groups is 1. The fourth-order valence-corrected chi connectivity index (χ4v) is 1.34. The van der Waals surface area contributed by atoms with E-state index in [-0.39, 0.29) is 23.1 Å². The lowest BCUT2D eigenvalue weighted by Crippen LogP contribution is -2.17. The molecule has 0 saturated carbocycles. The van der Waals surface area contributed by atoms with Gasteiger partial charge < -0.3 is 4.74 Å². The lowest BCUT2D eigenvalue weighted by atomic mass is 10.1. The van der Waals surface area contributed by atoms with E-state index >= 15 is 0 Å². The molecular weight excluding hydrogens is 308 g/mol. The fraction of sp³-hybridized carbons (Fsp3) is 0.300. The number of hydrogen-bond acceptors (Lipinski definition) is 2. The van der Waals surface area contributed by atoms with Crippen LogP contribution in [0.4, 0.5) is 17.6 Å². The number of ether oxygens (including phenoxy) is 1. The van der Waals surface area contributed by atoms with E-state index in [1.54, 1.807) is 0 Å². The lowest BCUT2D eigenvalue weighted by molar-refractivity contribution is -0.274. The van der Waals surface area contributed by atoms with E-state index in [4.69, 9.17) is 0 Å². The molecule has 1 aromatic rings. The molecule has 0 fully saturated rings. The van der Waals surface area contributed by atoms with E-state index in [1.807, 2.05) is 0 Å². The topological polar surface area (TPSA) is 26.3 Å². The van der Waals surface area contributed by atoms with Gasteiger partial charge in [0.25, 0.3) is 0 Å². The summed E-state index contributed by atoms with van der Waals surface area (Å²) in [7, 11) is 0. The number of Topliss-reactive ketones (excluding diaryl/α,β-unsaturated/α-hetero) is 1. The first-order valence-corrected chi connectivity index (χ1v) is 5.56. The molecular formula is C10H7BrF4O2. The summed E-state index contributed by atoms with van der Waals surface area (Å²) in [6.07, 6.45) is -5.12. The second-order valence-corrected chi connectivity index (χ2v) is 3.71. The van der Waals surface area contributed by atoms with Gasteiger partial charge in [-0.05, 0) is 23.8 Å². The van der Waals surface area contributed by atoms with Gasteiger partial charge in [0.2, 0.25) is 0 Å². The zero-order valence-electron chi connectivity index (χ0n) is 8.35. The van der Waals surface area contributed by atoms with Crippen molar-refractivity contribution in [3.8, 4) is 5.75 Å². The third-order valence-electron chi connectivity index (χ3n) is 1.79. The molecule has 0 spiro atoms. The van der Waals surface area contributed by atoms with Crippen LogP contribution < -0.4 is 4.74 Å². The van der Waals surface area contributed by atoms with Crippen LogP contribution >= 0.6 is 15.9 Å². The highest BCUT2D eigenvalue weighted by Gasteiger charge is 2.31. The average Bonchev–Trinajstić information content (AvgIpc) is 2.20. The first-order valence-electron chi connectivity index (χ1n) is 4.43. The van der Waals surface area contributed by atoms with Crippen molar-refractivity contribution in [2.24, 2.45) is 0 Å². The Labute approximate surface area is 103 Å². The van der Waals surface area contributed by atoms with Crippen molar-refractivity contribution in [3.05, 3.63) is 29.6 Å². The molecule has 0 aromatic heterocycles. The number of ketones is 1. The molecule has 17 heavy (non-hydrogen) atoms. The molecule has 0 aliphatic carbocycles. The number of hydrogen-bond donors (Lipinski definition) is 0. The van der Waals surface area contributed by atoms with Gasteiger partial charge in [0.15, 0.2) is 0 Å². The van der Waals surface area contributed by atoms with Gasteiger partial charge in [-0.25, -0.2) is 4.39 Å². The second-order valence-electron chi connectivity index (χ2n) is 3.15. The van der Waals surface area contributed by atoms with E-state index in [1.165, 1.54) is 0 Å². The maximum Gasteiger partial charge on any atom is 0.573 e. The minimum Gasteiger partial charge on any atom is -0.406 e. The second kappa shape index (κ2) is 5.48. The number of benzene rings is 1. The smallest absolute Gasteiger partial charge is 0.406 e. The third kappa shape index (κ3) is 4.72. The Bertz CT molecular complexity index is 417. The Morgan fingerprint density at radius 2 is 2.00 bits per heavy atom. The maximum absolute atomic E-state index is 13.2. The van der Waals surface area contributed by atoms with Gasteiger partial charge >= 0.3 is 6.36 Å². The molecule has 0 aliphatic rings. The molecule has 0 bridgehead atoms. The van der Waals surface area contributed by atoms with Crippen LogP contribution in [0, 0.1) is 5.82 Å². The molecule has 7 heteroatoms. The van der Waals surface area contributed by atoms with Crippen LogP contribution in [0.3, 0.4) is 0 Å². The van der Waals surface area contributed by atoms with E-state index in [0.29, 0.717) is 0 Å². The van der Waals surface area contributed by atoms with Crippen LogP contribution in [0.25, 0.3) is 0 Å². The van der Waals surface area contributed by atoms with Crippen molar-refractivity contribution in [1.29, 1.82) is 0 Å². The summed E-state index contributed by atoms with van der Waals surface area (Å²) in [5.74, 6) is -1.63. The summed E-state index contributed by atoms with van der Waals surface area (Å²) >= 11 is 2.88. The normalized spacial score (nSPS) is 11.4. The van der Waals surface area contributed by atoms with E-state index < -0.39 is 17.9 Å². The predicted molar refractivity (Wildman–Crippen MR) is 55.6 cm³/mol. The summed E-state index contributed by atoms with van der Waals surface area (Å²) in [6.45, 7) is 0. The van der Waals surface area contributed by atoms with Gasteiger partial charge in [0.1, 0.15) is 17.3 Å². The Balaban J connectivity index is 2.90. The minimum atomic E-state index is -4.84. The van der Waals surface area contributed by atoms with Crippen molar-refractivity contribution in [1.82, 2.24) is 0 Å². The molecule has 1 rings (SSSR count). The van der Waals surface area contributed by atoms with Crippen LogP contribution in [0.15, 0.2) is 18.2 Å². The predicted octanol–water partition coefficient (Wildman–Crippen LogP) is 3.23. The van der Waals surface area contributed by atoms with Crippen LogP contribution in [0.1, 0.15) is 5.56 Å². The molecule has 94 valence electrons. The molecule has 2 nitrogen and oxygen atoms in total. The molecule has 0 radical (unpaired) electrons. The van der Waals surface area contributed by atoms with Gasteiger partial charge in [0.05, 0.1) is 5.33 Å². The number of alkyl halides is 4. The molecule has 0 unspecified atom stereocenters. The van der Waals surface area contributed by atoms with Crippen molar-refractivity contribution in [3.63, 3.8) is 0 Å². The van der Waals surface area contributed by atoms with Crippen LogP contribution in [0.5, 0.6) is 5.75 Å². The monoisotopic (exact) mass is 314 g/mol. The van der Waals surface area contributed by atoms with Crippen LogP contribution in [-0.4, -0.2) is 17.5 Å². The lowest BCUT2D eigenvalue weighted by Gasteiger charge is -2.10. The molecule has 0 N–H and O–H groups in total. The highest BCUT2D eigenvalue weighted by Crippen LogP contribution is 2.25. The summed E-state index contributed by atoms with van der Waals surface area (Å²) in [5, 5.41) is 0.0107. The van der Waals surface area contributed by atoms with Gasteiger partial charge in [-0.1, -0.05) is 15.9 Å². The molecule has 0 atom stereocenters. The quantitative estimate of drug-likeness (QED) is 0.630. The van der Waals surface area contributed by atoms with Gasteiger partial charge in [-0.2, -0.15) is 0 Å². The Morgan fingerprint density at radius 1 is 1.35 bits per heavy atom. The van der Waals surface area contributed by atoms with Gasteiger partial charge in [0, 0.05) is 6.42 Å². The Morgan fingerprint density at radius 3 is 2.53 bits per heavy atom. The van der Waals surface area contributed by atoms with Crippen molar-refractivity contribution < 1.29 is 27.1 Å². The van der Waals surface area contributed by atoms with E-state index in [0.717, 1.165) is 18.2 Å². The van der Waals surface area contributed by atoms with Gasteiger partial charge in [-0.3, -0.25) is 4.79 Å². The van der Waals surface area contributed by atoms with Crippen molar-refractivity contribution >= 4 is 21.7 Å². The standard InChI is InChI=1S/C10H7BrF4O2/c11-5-7(16)3-6-4-8(1-2-9(6)12)17-10(13,14)15/h1-2,4H,3,5H2. The largest absolute Gasteiger partial charge is 0.573 e. The zero-order chi connectivity index (χ0) is 13.1. The van der Waals surface area contributed by atoms with E-state index in [9.17, 15) is 22.4 Å². The maximum atomic E-state index is 13.2. The SMILES string of the molecule is O=C(CBr)Cc1cc(OC(F)(F)F)ccc1F. The summed E-state index contributed by atoms with van der Waals surface area (Å²) in [5.41, 5.74) is -0.129. The molecule has 1 aromatic carbocycles. The average molecular weight is 315 g/mol. The summed E-state index contributed by atoms with van der Waals surface area (Å²) in [6, 6.07) is 2.55. The van der Waals surface area contributed by atoms with Crippen LogP contribution in [0.2, 0.25) is 0 Å². The van der Waals surface area contributed by atoms with Gasteiger partial charge in [-0.15, -0.1) is 13.2 Å². The van der Waals surface area contributed by atoms with Crippen LogP contribution in [-0.2, 0) is 11.2 Å². The highest BCUT2D eigenvalue weighted by molar-refractivity contribution is 9.09. The molecule has 0 amide bonds. The Kier molecular flexibility index (Phi) is 4.50. The number of carbonyl (C=O) groups excluding carboxylic acids is 1. The molecule has 0 saturated heterocycles. The zero-order valence-corrected chi connectivity index (χ0v) is 9.94. The Hall–Kier alpha value is -1.11. The third-order valence-corrected chi connectivity index (χ3v) is 2.41. The first-order chi connectivity index (χ1) is 7.81. The number of rotatable bonds is 4. The molecule has 0 heterocycles. The minimum absolute atomic E-state index is 0.0107. The summed E-state index contributed by atoms with van der Waals surface area (Å²) in [4.78, 5) is 11.1. The number of halogens is 5. The summed E-state index contributed by atoms with van der Waals surface area (Å²) < 4.78 is 52.6. The first kappa shape index (κ1) is 14.0.